The molecule has 0 spiro atoms. The van der Waals surface area contributed by atoms with Gasteiger partial charge in [0, 0.05) is 23.9 Å². The summed E-state index contributed by atoms with van der Waals surface area (Å²) in [6.45, 7) is 1.47. The third-order valence-corrected chi connectivity index (χ3v) is 4.63. The third-order valence-electron chi connectivity index (χ3n) is 4.63. The number of fused-ring (bicyclic) bond motifs is 2. The maximum Gasteiger partial charge on any atom is 0.307 e. The summed E-state index contributed by atoms with van der Waals surface area (Å²) < 4.78 is 5.47. The number of rotatable bonds is 2. The molecule has 1 aromatic carbocycles. The third kappa shape index (κ3) is 2.29. The number of benzene rings is 1. The van der Waals surface area contributed by atoms with Crippen molar-refractivity contribution < 1.29 is 14.6 Å². The molecule has 0 fully saturated rings. The van der Waals surface area contributed by atoms with E-state index in [2.05, 4.69) is 29.2 Å². The van der Waals surface area contributed by atoms with Crippen LogP contribution in [-0.4, -0.2) is 22.7 Å². The van der Waals surface area contributed by atoms with E-state index in [1.807, 2.05) is 6.20 Å². The van der Waals surface area contributed by atoms with Gasteiger partial charge in [-0.1, -0.05) is 18.2 Å². The minimum absolute atomic E-state index is 0.321. The predicted molar refractivity (Wildman–Crippen MR) is 81.6 cm³/mol. The summed E-state index contributed by atoms with van der Waals surface area (Å²) in [5.41, 5.74) is 6.82. The Balaban J connectivity index is 1.67. The molecular formula is C18H17NO3. The second-order valence-corrected chi connectivity index (χ2v) is 6.06. The van der Waals surface area contributed by atoms with E-state index in [-0.39, 0.29) is 5.92 Å². The normalized spacial score (nSPS) is 19.5. The van der Waals surface area contributed by atoms with E-state index in [0.29, 0.717) is 19.4 Å². The molecule has 1 unspecified atom stereocenters. The molecule has 2 heterocycles. The fourth-order valence-electron chi connectivity index (χ4n) is 3.35. The van der Waals surface area contributed by atoms with Crippen LogP contribution in [0.25, 0.3) is 11.1 Å². The molecule has 112 valence electrons. The zero-order chi connectivity index (χ0) is 15.1. The first kappa shape index (κ1) is 13.5. The summed E-state index contributed by atoms with van der Waals surface area (Å²) in [6, 6.07) is 8.54. The highest BCUT2D eigenvalue weighted by Crippen LogP contribution is 2.31. The number of aliphatic carboxylic acids is 1. The molecule has 2 aliphatic rings. The monoisotopic (exact) mass is 295 g/mol. The van der Waals surface area contributed by atoms with Crippen molar-refractivity contribution in [3.63, 3.8) is 0 Å². The molecule has 1 atom stereocenters. The lowest BCUT2D eigenvalue weighted by Crippen LogP contribution is -2.13. The summed E-state index contributed by atoms with van der Waals surface area (Å²) in [6.07, 6.45) is 3.95. The topological polar surface area (TPSA) is 59.4 Å². The van der Waals surface area contributed by atoms with E-state index in [4.69, 9.17) is 9.84 Å². The first-order valence-corrected chi connectivity index (χ1v) is 7.61. The predicted octanol–water partition coefficient (Wildman–Crippen LogP) is 2.62. The van der Waals surface area contributed by atoms with E-state index in [9.17, 15) is 4.79 Å². The van der Waals surface area contributed by atoms with Gasteiger partial charge in [-0.05, 0) is 41.2 Å². The molecular weight excluding hydrogens is 278 g/mol. The van der Waals surface area contributed by atoms with Gasteiger partial charge < -0.3 is 9.84 Å². The first-order valence-electron chi connectivity index (χ1n) is 7.61. The van der Waals surface area contributed by atoms with Crippen molar-refractivity contribution in [2.75, 3.05) is 6.61 Å². The minimum Gasteiger partial charge on any atom is -0.481 e. The lowest BCUT2D eigenvalue weighted by molar-refractivity contribution is -0.141. The number of hydrogen-bond donors (Lipinski definition) is 1. The van der Waals surface area contributed by atoms with Crippen molar-refractivity contribution in [1.82, 2.24) is 4.98 Å². The molecule has 0 bridgehead atoms. The average molecular weight is 295 g/mol. The van der Waals surface area contributed by atoms with E-state index in [0.717, 1.165) is 35.4 Å². The second-order valence-electron chi connectivity index (χ2n) is 6.06. The van der Waals surface area contributed by atoms with E-state index < -0.39 is 5.97 Å². The molecule has 0 saturated heterocycles. The van der Waals surface area contributed by atoms with Crippen LogP contribution in [0.5, 0.6) is 0 Å². The van der Waals surface area contributed by atoms with Crippen LogP contribution in [0.1, 0.15) is 22.4 Å². The van der Waals surface area contributed by atoms with Gasteiger partial charge in [-0.15, -0.1) is 0 Å². The van der Waals surface area contributed by atoms with Crippen molar-refractivity contribution in [2.45, 2.75) is 25.9 Å². The number of ether oxygens (including phenoxy) is 1. The van der Waals surface area contributed by atoms with Crippen LogP contribution in [0.15, 0.2) is 30.5 Å². The van der Waals surface area contributed by atoms with Crippen molar-refractivity contribution in [3.05, 3.63) is 52.8 Å². The summed E-state index contributed by atoms with van der Waals surface area (Å²) in [5.74, 6) is -1.05. The number of carbonyl (C=O) groups is 1. The van der Waals surface area contributed by atoms with Crippen LogP contribution in [0, 0.1) is 5.92 Å². The number of hydrogen-bond acceptors (Lipinski definition) is 3. The van der Waals surface area contributed by atoms with E-state index in [1.165, 1.54) is 11.1 Å². The van der Waals surface area contributed by atoms with Crippen LogP contribution in [0.3, 0.4) is 0 Å². The molecule has 2 aromatic rings. The summed E-state index contributed by atoms with van der Waals surface area (Å²) in [4.78, 5) is 15.6. The fraction of sp³-hybridized carbons (Fsp3) is 0.333. The second kappa shape index (κ2) is 5.21. The number of carboxylic acids is 1. The zero-order valence-electron chi connectivity index (χ0n) is 12.2. The molecule has 0 amide bonds. The van der Waals surface area contributed by atoms with E-state index in [1.54, 1.807) is 0 Å². The van der Waals surface area contributed by atoms with Crippen LogP contribution in [-0.2, 0) is 35.4 Å². The molecule has 0 radical (unpaired) electrons. The molecule has 1 aliphatic heterocycles. The van der Waals surface area contributed by atoms with Gasteiger partial charge in [0.2, 0.25) is 0 Å². The van der Waals surface area contributed by atoms with Gasteiger partial charge in [0.15, 0.2) is 0 Å². The molecule has 4 nitrogen and oxygen atoms in total. The van der Waals surface area contributed by atoms with Crippen LogP contribution >= 0.6 is 0 Å². The fourth-order valence-corrected chi connectivity index (χ4v) is 3.35. The Labute approximate surface area is 128 Å². The van der Waals surface area contributed by atoms with Crippen molar-refractivity contribution >= 4 is 5.97 Å². The Morgan fingerprint density at radius 2 is 2.00 bits per heavy atom. The van der Waals surface area contributed by atoms with Crippen molar-refractivity contribution in [2.24, 2.45) is 5.92 Å². The molecule has 4 rings (SSSR count). The lowest BCUT2D eigenvalue weighted by Gasteiger charge is -2.17. The highest BCUT2D eigenvalue weighted by molar-refractivity contribution is 5.73. The summed E-state index contributed by atoms with van der Waals surface area (Å²) >= 11 is 0. The first-order chi connectivity index (χ1) is 10.7. The average Bonchev–Trinajstić information content (AvgIpc) is 2.98. The van der Waals surface area contributed by atoms with Crippen molar-refractivity contribution in [1.29, 1.82) is 0 Å². The number of aromatic nitrogens is 1. The van der Waals surface area contributed by atoms with Gasteiger partial charge in [-0.25, -0.2) is 0 Å². The SMILES string of the molecule is O=C(O)C1Cc2cc(-c3ccc4c(c3)CCOC4)cnc2C1. The van der Waals surface area contributed by atoms with Gasteiger partial charge in [0.1, 0.15) is 0 Å². The Hall–Kier alpha value is -2.20. The summed E-state index contributed by atoms with van der Waals surface area (Å²) in [5, 5.41) is 9.16. The Morgan fingerprint density at radius 1 is 1.14 bits per heavy atom. The standard InChI is InChI=1S/C18H17NO3/c20-18(21)15-6-14-7-16(9-19-17(14)8-15)11-1-2-13-10-22-4-3-12(13)5-11/h1-2,5,7,9,15H,3-4,6,8,10H2,(H,20,21). The van der Waals surface area contributed by atoms with E-state index >= 15 is 0 Å². The number of nitrogens with zero attached hydrogens (tertiary/aromatic N) is 1. The minimum atomic E-state index is -0.728. The maximum absolute atomic E-state index is 11.1. The maximum atomic E-state index is 11.1. The Morgan fingerprint density at radius 3 is 2.86 bits per heavy atom. The van der Waals surface area contributed by atoms with Gasteiger partial charge in [-0.3, -0.25) is 9.78 Å². The van der Waals surface area contributed by atoms with Crippen molar-refractivity contribution in [3.8, 4) is 11.1 Å². The number of pyridine rings is 1. The van der Waals surface area contributed by atoms with Crippen LogP contribution in [0.2, 0.25) is 0 Å². The smallest absolute Gasteiger partial charge is 0.307 e. The molecule has 1 N–H and O–H groups in total. The largest absolute Gasteiger partial charge is 0.481 e. The zero-order valence-corrected chi connectivity index (χ0v) is 12.2. The Kier molecular flexibility index (Phi) is 3.19. The molecule has 1 aromatic heterocycles. The van der Waals surface area contributed by atoms with Gasteiger partial charge >= 0.3 is 5.97 Å². The molecule has 22 heavy (non-hydrogen) atoms. The van der Waals surface area contributed by atoms with Crippen LogP contribution < -0.4 is 0 Å². The number of carboxylic acid groups (broad SMARTS) is 1. The molecule has 0 saturated carbocycles. The van der Waals surface area contributed by atoms with Crippen LogP contribution in [0.4, 0.5) is 0 Å². The molecule has 1 aliphatic carbocycles. The van der Waals surface area contributed by atoms with Gasteiger partial charge in [0.05, 0.1) is 19.1 Å². The van der Waals surface area contributed by atoms with Gasteiger partial charge in [-0.2, -0.15) is 0 Å². The quantitative estimate of drug-likeness (QED) is 0.925. The highest BCUT2D eigenvalue weighted by atomic mass is 16.5. The van der Waals surface area contributed by atoms with Gasteiger partial charge in [0.25, 0.3) is 0 Å². The lowest BCUT2D eigenvalue weighted by atomic mass is 9.96. The molecule has 4 heteroatoms. The summed E-state index contributed by atoms with van der Waals surface area (Å²) in [7, 11) is 0. The Bertz CT molecular complexity index is 754. The highest BCUT2D eigenvalue weighted by Gasteiger charge is 2.28.